The first-order valence-corrected chi connectivity index (χ1v) is 4.74. The van der Waals surface area contributed by atoms with E-state index in [9.17, 15) is 0 Å². The van der Waals surface area contributed by atoms with Crippen LogP contribution in [0, 0.1) is 0 Å². The fraction of sp³-hybridized carbons (Fsp3) is 1.00. The van der Waals surface area contributed by atoms with Gasteiger partial charge >= 0.3 is 0 Å². The maximum Gasteiger partial charge on any atom is 0.0587 e. The first kappa shape index (κ1) is 11.9. The Kier molecular flexibility index (Phi) is 8.88. The van der Waals surface area contributed by atoms with E-state index in [1.165, 1.54) is 6.42 Å². The Morgan fingerprint density at radius 1 is 1.33 bits per heavy atom. The third kappa shape index (κ3) is 7.98. The highest BCUT2D eigenvalue weighted by molar-refractivity contribution is 4.62. The van der Waals surface area contributed by atoms with Crippen molar-refractivity contribution in [3.63, 3.8) is 0 Å². The number of hydrogen-bond donors (Lipinski definition) is 2. The van der Waals surface area contributed by atoms with Crippen molar-refractivity contribution in [2.75, 3.05) is 33.4 Å². The van der Waals surface area contributed by atoms with Gasteiger partial charge in [-0.15, -0.1) is 0 Å². The Morgan fingerprint density at radius 3 is 2.67 bits per heavy atom. The monoisotopic (exact) mass is 174 g/mol. The average molecular weight is 174 g/mol. The summed E-state index contributed by atoms with van der Waals surface area (Å²) >= 11 is 0. The van der Waals surface area contributed by atoms with Gasteiger partial charge in [-0.2, -0.15) is 0 Å². The minimum Gasteiger partial charge on any atom is -0.383 e. The van der Waals surface area contributed by atoms with Crippen LogP contribution in [-0.2, 0) is 4.74 Å². The molecule has 0 aliphatic carbocycles. The van der Waals surface area contributed by atoms with Gasteiger partial charge in [0.05, 0.1) is 6.61 Å². The minimum absolute atomic E-state index is 0.534. The average Bonchev–Trinajstić information content (AvgIpc) is 2.06. The van der Waals surface area contributed by atoms with Crippen molar-refractivity contribution in [2.45, 2.75) is 26.3 Å². The first-order valence-electron chi connectivity index (χ1n) is 4.74. The van der Waals surface area contributed by atoms with Crippen LogP contribution in [0.25, 0.3) is 0 Å². The molecule has 0 saturated carbocycles. The Hall–Kier alpha value is -0.120. The molecule has 1 atom stereocenters. The third-order valence-electron chi connectivity index (χ3n) is 1.68. The Balaban J connectivity index is 3.04. The summed E-state index contributed by atoms with van der Waals surface area (Å²) in [5, 5.41) is 6.71. The normalized spacial score (nSPS) is 13.2. The van der Waals surface area contributed by atoms with Gasteiger partial charge in [-0.05, 0) is 19.9 Å². The van der Waals surface area contributed by atoms with Crippen molar-refractivity contribution in [3.8, 4) is 0 Å². The molecular formula is C9H22N2O. The van der Waals surface area contributed by atoms with Crippen molar-refractivity contribution in [2.24, 2.45) is 0 Å². The van der Waals surface area contributed by atoms with E-state index in [0.717, 1.165) is 26.2 Å². The predicted molar refractivity (Wildman–Crippen MR) is 52.5 cm³/mol. The molecule has 0 aromatic carbocycles. The summed E-state index contributed by atoms with van der Waals surface area (Å²) in [7, 11) is 1.72. The van der Waals surface area contributed by atoms with Crippen molar-refractivity contribution >= 4 is 0 Å². The fourth-order valence-electron chi connectivity index (χ4n) is 0.975. The highest BCUT2D eigenvalue weighted by Crippen LogP contribution is 1.79. The number of methoxy groups -OCH3 is 1. The molecular weight excluding hydrogens is 152 g/mol. The number of rotatable bonds is 8. The van der Waals surface area contributed by atoms with Gasteiger partial charge in [-0.3, -0.25) is 0 Å². The fourth-order valence-corrected chi connectivity index (χ4v) is 0.975. The van der Waals surface area contributed by atoms with E-state index in [4.69, 9.17) is 4.74 Å². The lowest BCUT2D eigenvalue weighted by Gasteiger charge is -2.13. The molecule has 3 nitrogen and oxygen atoms in total. The van der Waals surface area contributed by atoms with Gasteiger partial charge in [0.2, 0.25) is 0 Å². The smallest absolute Gasteiger partial charge is 0.0587 e. The summed E-state index contributed by atoms with van der Waals surface area (Å²) in [6, 6.07) is 0.534. The number of nitrogens with one attached hydrogen (secondary N) is 2. The van der Waals surface area contributed by atoms with Crippen LogP contribution < -0.4 is 10.6 Å². The molecule has 0 spiro atoms. The van der Waals surface area contributed by atoms with Crippen LogP contribution in [0.4, 0.5) is 0 Å². The Morgan fingerprint density at radius 2 is 2.08 bits per heavy atom. The van der Waals surface area contributed by atoms with Crippen LogP contribution in [-0.4, -0.2) is 39.4 Å². The van der Waals surface area contributed by atoms with Crippen LogP contribution >= 0.6 is 0 Å². The highest BCUT2D eigenvalue weighted by Gasteiger charge is 1.97. The lowest BCUT2D eigenvalue weighted by atomic mass is 10.3. The minimum atomic E-state index is 0.534. The van der Waals surface area contributed by atoms with E-state index in [-0.39, 0.29) is 0 Å². The van der Waals surface area contributed by atoms with E-state index in [1.54, 1.807) is 7.11 Å². The molecule has 74 valence electrons. The van der Waals surface area contributed by atoms with Crippen molar-refractivity contribution < 1.29 is 4.74 Å². The van der Waals surface area contributed by atoms with Crippen LogP contribution in [0.1, 0.15) is 20.3 Å². The van der Waals surface area contributed by atoms with E-state index in [1.807, 2.05) is 0 Å². The number of hydrogen-bond acceptors (Lipinski definition) is 3. The third-order valence-corrected chi connectivity index (χ3v) is 1.68. The largest absolute Gasteiger partial charge is 0.383 e. The summed E-state index contributed by atoms with van der Waals surface area (Å²) in [5.74, 6) is 0. The number of ether oxygens (including phenoxy) is 1. The molecule has 0 saturated heterocycles. The van der Waals surface area contributed by atoms with Gasteiger partial charge < -0.3 is 15.4 Å². The van der Waals surface area contributed by atoms with E-state index in [2.05, 4.69) is 24.5 Å². The standard InChI is InChI=1S/C9H22N2O/c1-4-5-10-8-9(2)11-6-7-12-3/h9-11H,4-8H2,1-3H3. The molecule has 2 N–H and O–H groups in total. The molecule has 0 fully saturated rings. The molecule has 0 aliphatic heterocycles. The lowest BCUT2D eigenvalue weighted by molar-refractivity contribution is 0.196. The van der Waals surface area contributed by atoms with Gasteiger partial charge in [0, 0.05) is 26.2 Å². The van der Waals surface area contributed by atoms with E-state index < -0.39 is 0 Å². The summed E-state index contributed by atoms with van der Waals surface area (Å²) in [4.78, 5) is 0. The molecule has 1 unspecified atom stereocenters. The van der Waals surface area contributed by atoms with Crippen molar-refractivity contribution in [3.05, 3.63) is 0 Å². The molecule has 0 radical (unpaired) electrons. The first-order chi connectivity index (χ1) is 5.81. The zero-order valence-corrected chi connectivity index (χ0v) is 8.52. The van der Waals surface area contributed by atoms with E-state index >= 15 is 0 Å². The lowest BCUT2D eigenvalue weighted by Crippen LogP contribution is -2.38. The summed E-state index contributed by atoms with van der Waals surface area (Å²) in [5.41, 5.74) is 0. The highest BCUT2D eigenvalue weighted by atomic mass is 16.5. The quantitative estimate of drug-likeness (QED) is 0.529. The van der Waals surface area contributed by atoms with Gasteiger partial charge in [0.15, 0.2) is 0 Å². The molecule has 0 aliphatic rings. The molecule has 0 aromatic rings. The van der Waals surface area contributed by atoms with Gasteiger partial charge in [-0.25, -0.2) is 0 Å². The molecule has 0 rings (SSSR count). The molecule has 12 heavy (non-hydrogen) atoms. The van der Waals surface area contributed by atoms with E-state index in [0.29, 0.717) is 6.04 Å². The topological polar surface area (TPSA) is 33.3 Å². The maximum absolute atomic E-state index is 4.93. The SMILES string of the molecule is CCCNCC(C)NCCOC. The zero-order valence-electron chi connectivity index (χ0n) is 8.52. The van der Waals surface area contributed by atoms with Gasteiger partial charge in [-0.1, -0.05) is 6.92 Å². The summed E-state index contributed by atoms with van der Waals surface area (Å²) in [6.45, 7) is 8.23. The second-order valence-corrected chi connectivity index (χ2v) is 3.05. The second kappa shape index (κ2) is 8.97. The molecule has 0 amide bonds. The Labute approximate surface area is 75.9 Å². The van der Waals surface area contributed by atoms with Crippen molar-refractivity contribution in [1.29, 1.82) is 0 Å². The predicted octanol–water partition coefficient (Wildman–Crippen LogP) is 0.610. The molecule has 3 heteroatoms. The molecule has 0 bridgehead atoms. The van der Waals surface area contributed by atoms with Crippen LogP contribution in [0.15, 0.2) is 0 Å². The summed E-state index contributed by atoms with van der Waals surface area (Å²) < 4.78 is 4.93. The van der Waals surface area contributed by atoms with Crippen LogP contribution in [0.2, 0.25) is 0 Å². The summed E-state index contributed by atoms with van der Waals surface area (Å²) in [6.07, 6.45) is 1.20. The van der Waals surface area contributed by atoms with Crippen LogP contribution in [0.3, 0.4) is 0 Å². The maximum atomic E-state index is 4.93. The molecule has 0 heterocycles. The molecule has 0 aromatic heterocycles. The van der Waals surface area contributed by atoms with Gasteiger partial charge in [0.25, 0.3) is 0 Å². The van der Waals surface area contributed by atoms with Crippen LogP contribution in [0.5, 0.6) is 0 Å². The Bertz CT molecular complexity index is 78.6. The van der Waals surface area contributed by atoms with Crippen molar-refractivity contribution in [1.82, 2.24) is 10.6 Å². The zero-order chi connectivity index (χ0) is 9.23. The van der Waals surface area contributed by atoms with Gasteiger partial charge in [0.1, 0.15) is 0 Å². The second-order valence-electron chi connectivity index (χ2n) is 3.05.